The summed E-state index contributed by atoms with van der Waals surface area (Å²) in [6, 6.07) is 8.31. The van der Waals surface area contributed by atoms with Crippen LogP contribution in [0.2, 0.25) is 0 Å². The van der Waals surface area contributed by atoms with E-state index in [1.54, 1.807) is 7.11 Å². The topological polar surface area (TPSA) is 18.5 Å². The predicted molar refractivity (Wildman–Crippen MR) is 83.6 cm³/mol. The molecule has 2 nitrogen and oxygen atoms in total. The molecule has 0 spiro atoms. The molecule has 20 heavy (non-hydrogen) atoms. The van der Waals surface area contributed by atoms with Gasteiger partial charge in [-0.05, 0) is 42.2 Å². The van der Waals surface area contributed by atoms with Gasteiger partial charge in [-0.25, -0.2) is 0 Å². The van der Waals surface area contributed by atoms with Gasteiger partial charge in [-0.2, -0.15) is 0 Å². The molecule has 1 aromatic rings. The Morgan fingerprint density at radius 1 is 1.20 bits per heavy atom. The molecule has 0 radical (unpaired) electrons. The summed E-state index contributed by atoms with van der Waals surface area (Å²) in [6.07, 6.45) is 4.99. The summed E-state index contributed by atoms with van der Waals surface area (Å²) in [7, 11) is 1.65. The maximum absolute atomic E-state index is 5.74. The Hall–Kier alpha value is -1.28. The van der Waals surface area contributed by atoms with E-state index in [0.717, 1.165) is 5.75 Å². The molecule has 0 N–H and O–H groups in total. The van der Waals surface area contributed by atoms with Gasteiger partial charge in [-0.3, -0.25) is 0 Å². The summed E-state index contributed by atoms with van der Waals surface area (Å²) >= 11 is 0. The van der Waals surface area contributed by atoms with Gasteiger partial charge in [0, 0.05) is 12.7 Å². The van der Waals surface area contributed by atoms with Crippen molar-refractivity contribution in [1.29, 1.82) is 0 Å². The number of allylic oxidation sites excluding steroid dienone is 2. The summed E-state index contributed by atoms with van der Waals surface area (Å²) in [5.74, 6) is 2.86. The van der Waals surface area contributed by atoms with Crippen LogP contribution in [0.3, 0.4) is 0 Å². The highest BCUT2D eigenvalue weighted by Crippen LogP contribution is 2.42. The Kier molecular flexibility index (Phi) is 5.24. The number of rotatable bonds is 5. The zero-order chi connectivity index (χ0) is 14.5. The molecule has 0 saturated heterocycles. The van der Waals surface area contributed by atoms with E-state index in [2.05, 4.69) is 39.0 Å². The molecule has 0 fully saturated rings. The van der Waals surface area contributed by atoms with E-state index in [-0.39, 0.29) is 0 Å². The van der Waals surface area contributed by atoms with Gasteiger partial charge in [0.05, 0.1) is 0 Å². The molecule has 1 aliphatic rings. The third kappa shape index (κ3) is 3.43. The lowest BCUT2D eigenvalue weighted by Gasteiger charge is -2.31. The second kappa shape index (κ2) is 6.94. The summed E-state index contributed by atoms with van der Waals surface area (Å²) in [6.45, 7) is 7.22. The van der Waals surface area contributed by atoms with Crippen LogP contribution in [0.5, 0.6) is 5.75 Å². The molecule has 0 saturated carbocycles. The third-order valence-corrected chi connectivity index (χ3v) is 4.13. The van der Waals surface area contributed by atoms with Crippen LogP contribution < -0.4 is 4.74 Å². The quantitative estimate of drug-likeness (QED) is 0.721. The number of hydrogen-bond acceptors (Lipinski definition) is 2. The van der Waals surface area contributed by atoms with Crippen LogP contribution in [0.1, 0.15) is 39.2 Å². The maximum atomic E-state index is 5.74. The standard InChI is InChI=1S/C18H26O2/c1-13(2)15-10-9-14(3)11-17(15)16-7-5-6-8-18(16)20-12-19-4/h5-8,11,13-15H,9-10,12H2,1-4H3/t14-,15+/m0/s1. The summed E-state index contributed by atoms with van der Waals surface area (Å²) in [5, 5.41) is 0. The summed E-state index contributed by atoms with van der Waals surface area (Å²) < 4.78 is 10.8. The average Bonchev–Trinajstić information content (AvgIpc) is 2.45. The molecular formula is C18H26O2. The Bertz CT molecular complexity index is 462. The Morgan fingerprint density at radius 3 is 2.65 bits per heavy atom. The van der Waals surface area contributed by atoms with Gasteiger partial charge in [0.1, 0.15) is 5.75 Å². The molecule has 0 bridgehead atoms. The zero-order valence-corrected chi connectivity index (χ0v) is 13.1. The van der Waals surface area contributed by atoms with Gasteiger partial charge in [-0.1, -0.05) is 45.0 Å². The maximum Gasteiger partial charge on any atom is 0.188 e. The highest BCUT2D eigenvalue weighted by Gasteiger charge is 2.26. The van der Waals surface area contributed by atoms with Crippen LogP contribution in [0.25, 0.3) is 5.57 Å². The van der Waals surface area contributed by atoms with Crippen LogP contribution in [0.4, 0.5) is 0 Å². The Morgan fingerprint density at radius 2 is 1.95 bits per heavy atom. The van der Waals surface area contributed by atoms with Gasteiger partial charge in [0.25, 0.3) is 0 Å². The van der Waals surface area contributed by atoms with Gasteiger partial charge >= 0.3 is 0 Å². The second-order valence-electron chi connectivity index (χ2n) is 6.07. The molecule has 2 atom stereocenters. The lowest BCUT2D eigenvalue weighted by molar-refractivity contribution is 0.0508. The molecule has 1 aliphatic carbocycles. The number of ether oxygens (including phenoxy) is 2. The first kappa shape index (κ1) is 15.1. The van der Waals surface area contributed by atoms with Crippen LogP contribution in [0.15, 0.2) is 30.3 Å². The van der Waals surface area contributed by atoms with Crippen molar-refractivity contribution in [3.05, 3.63) is 35.9 Å². The van der Waals surface area contributed by atoms with E-state index in [4.69, 9.17) is 9.47 Å². The van der Waals surface area contributed by atoms with Gasteiger partial charge in [0.2, 0.25) is 0 Å². The minimum Gasteiger partial charge on any atom is -0.467 e. The molecular weight excluding hydrogens is 248 g/mol. The molecule has 0 amide bonds. The molecule has 0 heterocycles. The van der Waals surface area contributed by atoms with Crippen molar-refractivity contribution in [2.24, 2.45) is 17.8 Å². The fourth-order valence-electron chi connectivity index (χ4n) is 3.05. The lowest BCUT2D eigenvalue weighted by atomic mass is 9.74. The van der Waals surface area contributed by atoms with Crippen molar-refractivity contribution in [2.75, 3.05) is 13.9 Å². The second-order valence-corrected chi connectivity index (χ2v) is 6.07. The minimum atomic E-state index is 0.298. The molecule has 2 rings (SSSR count). The van der Waals surface area contributed by atoms with E-state index in [9.17, 15) is 0 Å². The van der Waals surface area contributed by atoms with E-state index >= 15 is 0 Å². The van der Waals surface area contributed by atoms with Crippen LogP contribution in [0, 0.1) is 17.8 Å². The van der Waals surface area contributed by atoms with Crippen molar-refractivity contribution in [2.45, 2.75) is 33.6 Å². The van der Waals surface area contributed by atoms with E-state index < -0.39 is 0 Å². The SMILES string of the molecule is COCOc1ccccc1C1=C[C@@H](C)CC[C@@H]1C(C)C. The van der Waals surface area contributed by atoms with Crippen LogP contribution in [-0.2, 0) is 4.74 Å². The van der Waals surface area contributed by atoms with Gasteiger partial charge in [-0.15, -0.1) is 0 Å². The highest BCUT2D eigenvalue weighted by molar-refractivity contribution is 5.73. The van der Waals surface area contributed by atoms with Gasteiger partial charge in [0.15, 0.2) is 6.79 Å². The van der Waals surface area contributed by atoms with Crippen molar-refractivity contribution in [1.82, 2.24) is 0 Å². The average molecular weight is 274 g/mol. The van der Waals surface area contributed by atoms with Crippen LogP contribution >= 0.6 is 0 Å². The van der Waals surface area contributed by atoms with Crippen molar-refractivity contribution < 1.29 is 9.47 Å². The fourth-order valence-corrected chi connectivity index (χ4v) is 3.05. The summed E-state index contributed by atoms with van der Waals surface area (Å²) in [5.41, 5.74) is 2.68. The monoisotopic (exact) mass is 274 g/mol. The first-order valence-corrected chi connectivity index (χ1v) is 7.56. The van der Waals surface area contributed by atoms with Gasteiger partial charge < -0.3 is 9.47 Å². The first-order valence-electron chi connectivity index (χ1n) is 7.56. The highest BCUT2D eigenvalue weighted by atomic mass is 16.7. The number of hydrogen-bond donors (Lipinski definition) is 0. The smallest absolute Gasteiger partial charge is 0.188 e. The first-order chi connectivity index (χ1) is 9.63. The Labute approximate surface area is 122 Å². The molecule has 0 aliphatic heterocycles. The van der Waals surface area contributed by atoms with Crippen molar-refractivity contribution in [3.8, 4) is 5.75 Å². The van der Waals surface area contributed by atoms with E-state index in [1.807, 2.05) is 12.1 Å². The van der Waals surface area contributed by atoms with Crippen molar-refractivity contribution >= 4 is 5.57 Å². The Balaban J connectivity index is 2.36. The molecule has 110 valence electrons. The number of para-hydroxylation sites is 1. The third-order valence-electron chi connectivity index (χ3n) is 4.13. The largest absolute Gasteiger partial charge is 0.467 e. The number of benzene rings is 1. The zero-order valence-electron chi connectivity index (χ0n) is 13.1. The number of methoxy groups -OCH3 is 1. The van der Waals surface area contributed by atoms with Crippen molar-refractivity contribution in [3.63, 3.8) is 0 Å². The molecule has 0 unspecified atom stereocenters. The molecule has 0 aromatic heterocycles. The van der Waals surface area contributed by atoms with E-state index in [0.29, 0.717) is 24.5 Å². The normalized spacial score (nSPS) is 22.8. The summed E-state index contributed by atoms with van der Waals surface area (Å²) in [4.78, 5) is 0. The van der Waals surface area contributed by atoms with Crippen LogP contribution in [-0.4, -0.2) is 13.9 Å². The minimum absolute atomic E-state index is 0.298. The predicted octanol–water partition coefficient (Wildman–Crippen LogP) is 4.75. The fraction of sp³-hybridized carbons (Fsp3) is 0.556. The van der Waals surface area contributed by atoms with E-state index in [1.165, 1.54) is 24.0 Å². The molecule has 1 aromatic carbocycles. The molecule has 2 heteroatoms. The lowest BCUT2D eigenvalue weighted by Crippen LogP contribution is -2.18.